The van der Waals surface area contributed by atoms with E-state index in [-0.39, 0.29) is 24.7 Å². The van der Waals surface area contributed by atoms with Crippen LogP contribution in [0, 0.1) is 0 Å². The molecule has 0 radical (unpaired) electrons. The van der Waals surface area contributed by atoms with E-state index in [1.165, 1.54) is 5.56 Å². The van der Waals surface area contributed by atoms with Gasteiger partial charge in [0.05, 0.1) is 18.7 Å². The number of hydrogen-bond acceptors (Lipinski definition) is 4. The number of aromatic nitrogens is 1. The van der Waals surface area contributed by atoms with Gasteiger partial charge in [-0.2, -0.15) is 0 Å². The lowest BCUT2D eigenvalue weighted by molar-refractivity contribution is 0.124. The molecule has 0 saturated carbocycles. The van der Waals surface area contributed by atoms with Crippen LogP contribution in [0.2, 0.25) is 0 Å². The van der Waals surface area contributed by atoms with Gasteiger partial charge in [0.15, 0.2) is 0 Å². The van der Waals surface area contributed by atoms with Crippen LogP contribution in [0.5, 0.6) is 0 Å². The molecular formula is C17H21N3O2S. The summed E-state index contributed by atoms with van der Waals surface area (Å²) < 4.78 is 0. The van der Waals surface area contributed by atoms with Crippen molar-refractivity contribution >= 4 is 17.4 Å². The number of carbonyl (C=O) groups excluding carboxylic acids is 1. The van der Waals surface area contributed by atoms with Crippen LogP contribution < -0.4 is 5.32 Å². The third kappa shape index (κ3) is 3.23. The topological polar surface area (TPSA) is 65.5 Å². The number of thiazole rings is 1. The lowest BCUT2D eigenvalue weighted by Gasteiger charge is -2.37. The molecule has 2 N–H and O–H groups in total. The van der Waals surface area contributed by atoms with Crippen LogP contribution in [0.15, 0.2) is 35.8 Å². The molecule has 0 bridgehead atoms. The van der Waals surface area contributed by atoms with Crippen LogP contribution in [0.25, 0.3) is 0 Å². The van der Waals surface area contributed by atoms with Crippen molar-refractivity contribution < 1.29 is 9.90 Å². The quantitative estimate of drug-likeness (QED) is 0.905. The van der Waals surface area contributed by atoms with Gasteiger partial charge in [-0.15, -0.1) is 11.3 Å². The molecule has 1 aliphatic heterocycles. The van der Waals surface area contributed by atoms with Gasteiger partial charge >= 0.3 is 6.03 Å². The van der Waals surface area contributed by atoms with Gasteiger partial charge in [-0.25, -0.2) is 9.78 Å². The number of fused-ring (bicyclic) bond motifs is 1. The molecule has 3 rings (SSSR count). The van der Waals surface area contributed by atoms with Crippen molar-refractivity contribution in [2.45, 2.75) is 31.8 Å². The zero-order valence-corrected chi connectivity index (χ0v) is 13.9. The highest BCUT2D eigenvalue weighted by Gasteiger charge is 2.31. The summed E-state index contributed by atoms with van der Waals surface area (Å²) in [5, 5.41) is 15.7. The largest absolute Gasteiger partial charge is 0.394 e. The van der Waals surface area contributed by atoms with Crippen LogP contribution in [0.1, 0.15) is 41.6 Å². The van der Waals surface area contributed by atoms with E-state index in [0.29, 0.717) is 6.54 Å². The summed E-state index contributed by atoms with van der Waals surface area (Å²) in [5.74, 6) is 0. The molecule has 0 fully saturated rings. The van der Waals surface area contributed by atoms with E-state index in [1.54, 1.807) is 22.4 Å². The van der Waals surface area contributed by atoms with E-state index in [9.17, 15) is 9.90 Å². The van der Waals surface area contributed by atoms with Gasteiger partial charge in [-0.3, -0.25) is 0 Å². The fourth-order valence-corrected chi connectivity index (χ4v) is 3.84. The first kappa shape index (κ1) is 16.0. The number of urea groups is 1. The summed E-state index contributed by atoms with van der Waals surface area (Å²) in [6, 6.07) is 7.51. The predicted molar refractivity (Wildman–Crippen MR) is 90.4 cm³/mol. The number of aliphatic hydroxyl groups is 1. The van der Waals surface area contributed by atoms with E-state index in [4.69, 9.17) is 0 Å². The number of benzene rings is 1. The van der Waals surface area contributed by atoms with Crippen LogP contribution in [0.3, 0.4) is 0 Å². The van der Waals surface area contributed by atoms with Crippen molar-refractivity contribution in [1.29, 1.82) is 0 Å². The Balaban J connectivity index is 1.77. The molecule has 2 amide bonds. The van der Waals surface area contributed by atoms with E-state index < -0.39 is 0 Å². The van der Waals surface area contributed by atoms with Crippen LogP contribution in [0.4, 0.5) is 4.79 Å². The van der Waals surface area contributed by atoms with Crippen molar-refractivity contribution in [3.63, 3.8) is 0 Å². The number of aliphatic hydroxyl groups excluding tert-OH is 1. The van der Waals surface area contributed by atoms with Gasteiger partial charge in [-0.1, -0.05) is 31.2 Å². The predicted octanol–water partition coefficient (Wildman–Crippen LogP) is 2.90. The Morgan fingerprint density at radius 2 is 2.35 bits per heavy atom. The third-order valence-electron chi connectivity index (χ3n) is 4.30. The smallest absolute Gasteiger partial charge is 0.318 e. The van der Waals surface area contributed by atoms with E-state index in [0.717, 1.165) is 23.4 Å². The Hall–Kier alpha value is -1.92. The first-order chi connectivity index (χ1) is 11.2. The molecule has 2 heterocycles. The van der Waals surface area contributed by atoms with Crippen LogP contribution in [-0.4, -0.2) is 34.2 Å². The Labute approximate surface area is 140 Å². The summed E-state index contributed by atoms with van der Waals surface area (Å²) in [5.41, 5.74) is 2.25. The second-order valence-electron chi connectivity index (χ2n) is 5.62. The molecular weight excluding hydrogens is 310 g/mol. The van der Waals surface area contributed by atoms with Crippen molar-refractivity contribution in [2.75, 3.05) is 13.2 Å². The Morgan fingerprint density at radius 3 is 3.04 bits per heavy atom. The SMILES string of the molecule is CC[C@H](NC(=O)N1CCc2ccccc2[C@@H]1CO)c1nccs1. The summed E-state index contributed by atoms with van der Waals surface area (Å²) in [6.07, 6.45) is 3.35. The second-order valence-corrected chi connectivity index (χ2v) is 6.55. The van der Waals surface area contributed by atoms with Crippen LogP contribution >= 0.6 is 11.3 Å². The summed E-state index contributed by atoms with van der Waals surface area (Å²) in [4.78, 5) is 18.8. The molecule has 0 spiro atoms. The Morgan fingerprint density at radius 1 is 1.52 bits per heavy atom. The number of nitrogens with zero attached hydrogens (tertiary/aromatic N) is 2. The molecule has 5 nitrogen and oxygen atoms in total. The molecule has 2 atom stereocenters. The van der Waals surface area contributed by atoms with Crippen molar-refractivity contribution in [3.05, 3.63) is 52.0 Å². The maximum Gasteiger partial charge on any atom is 0.318 e. The second kappa shape index (κ2) is 7.10. The zero-order chi connectivity index (χ0) is 16.2. The molecule has 122 valence electrons. The summed E-state index contributed by atoms with van der Waals surface area (Å²) in [7, 11) is 0. The molecule has 2 aromatic rings. The minimum absolute atomic E-state index is 0.0710. The first-order valence-corrected chi connectivity index (χ1v) is 8.77. The lowest BCUT2D eigenvalue weighted by Crippen LogP contribution is -2.47. The number of nitrogens with one attached hydrogen (secondary N) is 1. The van der Waals surface area contributed by atoms with E-state index in [1.807, 2.05) is 30.5 Å². The molecule has 6 heteroatoms. The third-order valence-corrected chi connectivity index (χ3v) is 5.19. The highest BCUT2D eigenvalue weighted by Crippen LogP contribution is 2.30. The molecule has 1 aromatic heterocycles. The highest BCUT2D eigenvalue weighted by molar-refractivity contribution is 7.09. The van der Waals surface area contributed by atoms with Gasteiger partial charge in [0.1, 0.15) is 5.01 Å². The van der Waals surface area contributed by atoms with Gasteiger partial charge in [0, 0.05) is 18.1 Å². The monoisotopic (exact) mass is 331 g/mol. The fraction of sp³-hybridized carbons (Fsp3) is 0.412. The average molecular weight is 331 g/mol. The Kier molecular flexibility index (Phi) is 4.93. The van der Waals surface area contributed by atoms with E-state index in [2.05, 4.69) is 16.4 Å². The molecule has 23 heavy (non-hydrogen) atoms. The van der Waals surface area contributed by atoms with Crippen LogP contribution in [-0.2, 0) is 6.42 Å². The zero-order valence-electron chi connectivity index (χ0n) is 13.1. The van der Waals surface area contributed by atoms with E-state index >= 15 is 0 Å². The number of hydrogen-bond donors (Lipinski definition) is 2. The number of carbonyl (C=O) groups is 1. The lowest BCUT2D eigenvalue weighted by atomic mass is 9.93. The van der Waals surface area contributed by atoms with Gasteiger partial charge in [0.25, 0.3) is 0 Å². The molecule has 0 saturated heterocycles. The fourth-order valence-electron chi connectivity index (χ4n) is 3.07. The minimum Gasteiger partial charge on any atom is -0.394 e. The first-order valence-electron chi connectivity index (χ1n) is 7.89. The van der Waals surface area contributed by atoms with Crippen molar-refractivity contribution in [2.24, 2.45) is 0 Å². The summed E-state index contributed by atoms with van der Waals surface area (Å²) in [6.45, 7) is 2.57. The highest BCUT2D eigenvalue weighted by atomic mass is 32.1. The molecule has 0 aliphatic carbocycles. The van der Waals surface area contributed by atoms with Gasteiger partial charge in [0.2, 0.25) is 0 Å². The number of rotatable bonds is 4. The normalized spacial score (nSPS) is 18.3. The summed E-state index contributed by atoms with van der Waals surface area (Å²) >= 11 is 1.55. The van der Waals surface area contributed by atoms with Crippen molar-refractivity contribution in [1.82, 2.24) is 15.2 Å². The average Bonchev–Trinajstić information content (AvgIpc) is 3.12. The standard InChI is InChI=1S/C17H21N3O2S/c1-2-14(16-18-8-10-23-16)19-17(22)20-9-7-12-5-3-4-6-13(12)15(20)11-21/h3-6,8,10,14-15,21H,2,7,9,11H2,1H3,(H,19,22)/t14-,15-/m0/s1. The minimum atomic E-state index is -0.284. The Bertz CT molecular complexity index is 660. The number of amides is 2. The molecule has 0 unspecified atom stereocenters. The molecule has 1 aliphatic rings. The molecule has 1 aromatic carbocycles. The maximum absolute atomic E-state index is 12.7. The maximum atomic E-state index is 12.7. The van der Waals surface area contributed by atoms with Gasteiger partial charge in [-0.05, 0) is 24.0 Å². The van der Waals surface area contributed by atoms with Crippen molar-refractivity contribution in [3.8, 4) is 0 Å². The van der Waals surface area contributed by atoms with Gasteiger partial charge < -0.3 is 15.3 Å².